The molecule has 3 aromatic rings. The summed E-state index contributed by atoms with van der Waals surface area (Å²) in [6.07, 6.45) is 0. The normalized spacial score (nSPS) is 11.5. The van der Waals surface area contributed by atoms with Gasteiger partial charge in [0.25, 0.3) is 0 Å². The van der Waals surface area contributed by atoms with Gasteiger partial charge in [-0.2, -0.15) is 8.42 Å². The van der Waals surface area contributed by atoms with Gasteiger partial charge in [-0.1, -0.05) is 30.3 Å². The van der Waals surface area contributed by atoms with Crippen molar-refractivity contribution in [1.29, 1.82) is 0 Å². The maximum atomic E-state index is 12.6. The molecule has 0 heterocycles. The summed E-state index contributed by atoms with van der Waals surface area (Å²) in [5, 5.41) is 1.95. The fourth-order valence-electron chi connectivity index (χ4n) is 2.65. The van der Waals surface area contributed by atoms with Crippen molar-refractivity contribution >= 4 is 20.9 Å². The summed E-state index contributed by atoms with van der Waals surface area (Å²) < 4.78 is 35.9. The number of fused-ring (bicyclic) bond motifs is 1. The molecule has 0 N–H and O–H groups in total. The van der Waals surface area contributed by atoms with Gasteiger partial charge in [-0.05, 0) is 60.0 Å². The molecule has 0 spiro atoms. The Bertz CT molecular complexity index is 1010. The molecule has 124 valence electrons. The van der Waals surface area contributed by atoms with Gasteiger partial charge in [-0.15, -0.1) is 0 Å². The van der Waals surface area contributed by atoms with Crippen molar-refractivity contribution < 1.29 is 17.3 Å². The maximum Gasteiger partial charge on any atom is 0.339 e. The third-order valence-electron chi connectivity index (χ3n) is 4.10. The van der Waals surface area contributed by atoms with Gasteiger partial charge in [0.15, 0.2) is 0 Å². The van der Waals surface area contributed by atoms with E-state index in [1.54, 1.807) is 32.2 Å². The van der Waals surface area contributed by atoms with Crippen LogP contribution in [0, 0.1) is 13.8 Å². The molecule has 0 bridgehead atoms. The van der Waals surface area contributed by atoms with Crippen molar-refractivity contribution in [3.05, 3.63) is 65.7 Å². The minimum Gasteiger partial charge on any atom is -0.496 e. The van der Waals surface area contributed by atoms with Gasteiger partial charge < -0.3 is 8.92 Å². The Morgan fingerprint density at radius 3 is 2.25 bits per heavy atom. The summed E-state index contributed by atoms with van der Waals surface area (Å²) in [4.78, 5) is 0.147. The van der Waals surface area contributed by atoms with Gasteiger partial charge in [0, 0.05) is 0 Å². The van der Waals surface area contributed by atoms with Crippen LogP contribution in [0.15, 0.2) is 59.5 Å². The minimum absolute atomic E-state index is 0.147. The minimum atomic E-state index is -3.92. The van der Waals surface area contributed by atoms with E-state index in [-0.39, 0.29) is 4.90 Å². The zero-order chi connectivity index (χ0) is 17.3. The van der Waals surface area contributed by atoms with E-state index in [0.29, 0.717) is 17.1 Å². The maximum absolute atomic E-state index is 12.6. The van der Waals surface area contributed by atoms with Crippen LogP contribution >= 0.6 is 0 Å². The van der Waals surface area contributed by atoms with Crippen LogP contribution in [0.3, 0.4) is 0 Å². The molecule has 5 heteroatoms. The van der Waals surface area contributed by atoms with E-state index in [4.69, 9.17) is 8.92 Å². The molecule has 0 saturated heterocycles. The second-order valence-corrected chi connectivity index (χ2v) is 7.08. The molecular formula is C19H18O4S. The predicted molar refractivity (Wildman–Crippen MR) is 94.2 cm³/mol. The topological polar surface area (TPSA) is 52.6 Å². The highest BCUT2D eigenvalue weighted by Crippen LogP contribution is 2.29. The third-order valence-corrected chi connectivity index (χ3v) is 5.50. The standard InChI is InChI=1S/C19H18O4S/c1-13-14(2)19(11-10-18(13)22-3)24(20,21)23-17-9-8-15-6-4-5-7-16(15)12-17/h4-12H,1-3H3. The molecule has 0 amide bonds. The average molecular weight is 342 g/mol. The molecule has 0 aromatic heterocycles. The van der Waals surface area contributed by atoms with Crippen molar-refractivity contribution in [3.8, 4) is 11.5 Å². The fraction of sp³-hybridized carbons (Fsp3) is 0.158. The van der Waals surface area contributed by atoms with Crippen LogP contribution in [-0.2, 0) is 10.1 Å². The highest BCUT2D eigenvalue weighted by molar-refractivity contribution is 7.87. The van der Waals surface area contributed by atoms with Crippen molar-refractivity contribution in [2.75, 3.05) is 7.11 Å². The van der Waals surface area contributed by atoms with Gasteiger partial charge >= 0.3 is 10.1 Å². The van der Waals surface area contributed by atoms with E-state index in [2.05, 4.69) is 0 Å². The van der Waals surface area contributed by atoms with E-state index in [1.807, 2.05) is 37.3 Å². The van der Waals surface area contributed by atoms with Gasteiger partial charge in [0.1, 0.15) is 16.4 Å². The molecule has 24 heavy (non-hydrogen) atoms. The molecular weight excluding hydrogens is 324 g/mol. The summed E-state index contributed by atoms with van der Waals surface area (Å²) in [6.45, 7) is 3.57. The van der Waals surface area contributed by atoms with E-state index in [1.165, 1.54) is 6.07 Å². The van der Waals surface area contributed by atoms with Crippen molar-refractivity contribution in [3.63, 3.8) is 0 Å². The summed E-state index contributed by atoms with van der Waals surface area (Å²) in [5.41, 5.74) is 1.40. The average Bonchev–Trinajstić information content (AvgIpc) is 2.56. The Kier molecular flexibility index (Phi) is 4.20. The molecule has 0 radical (unpaired) electrons. The van der Waals surface area contributed by atoms with Gasteiger partial charge in [-0.25, -0.2) is 0 Å². The molecule has 0 saturated carbocycles. The van der Waals surface area contributed by atoms with Crippen LogP contribution in [0.25, 0.3) is 10.8 Å². The second kappa shape index (κ2) is 6.17. The molecule has 0 unspecified atom stereocenters. The van der Waals surface area contributed by atoms with E-state index in [0.717, 1.165) is 16.3 Å². The molecule has 3 aromatic carbocycles. The van der Waals surface area contributed by atoms with Crippen molar-refractivity contribution in [2.45, 2.75) is 18.7 Å². The van der Waals surface area contributed by atoms with E-state index < -0.39 is 10.1 Å². The first-order valence-electron chi connectivity index (χ1n) is 7.50. The number of rotatable bonds is 4. The zero-order valence-electron chi connectivity index (χ0n) is 13.7. The summed E-state index contributed by atoms with van der Waals surface area (Å²) in [7, 11) is -2.36. The molecule has 4 nitrogen and oxygen atoms in total. The van der Waals surface area contributed by atoms with E-state index in [9.17, 15) is 8.42 Å². The van der Waals surface area contributed by atoms with Crippen molar-refractivity contribution in [1.82, 2.24) is 0 Å². The third kappa shape index (κ3) is 2.95. The lowest BCUT2D eigenvalue weighted by atomic mass is 10.1. The molecule has 3 rings (SSSR count). The lowest BCUT2D eigenvalue weighted by molar-refractivity contribution is 0.410. The number of methoxy groups -OCH3 is 1. The van der Waals surface area contributed by atoms with Gasteiger partial charge in [0.05, 0.1) is 7.11 Å². The van der Waals surface area contributed by atoms with Crippen LogP contribution < -0.4 is 8.92 Å². The van der Waals surface area contributed by atoms with Crippen LogP contribution in [0.2, 0.25) is 0 Å². The molecule has 0 fully saturated rings. The first-order chi connectivity index (χ1) is 11.4. The van der Waals surface area contributed by atoms with Gasteiger partial charge in [-0.3, -0.25) is 0 Å². The Balaban J connectivity index is 2.00. The molecule has 0 aliphatic rings. The highest BCUT2D eigenvalue weighted by atomic mass is 32.2. The lowest BCUT2D eigenvalue weighted by Gasteiger charge is -2.13. The van der Waals surface area contributed by atoms with Crippen LogP contribution in [-0.4, -0.2) is 15.5 Å². The Morgan fingerprint density at radius 1 is 0.833 bits per heavy atom. The van der Waals surface area contributed by atoms with Gasteiger partial charge in [0.2, 0.25) is 0 Å². The fourth-order valence-corrected chi connectivity index (χ4v) is 3.86. The predicted octanol–water partition coefficient (Wildman–Crippen LogP) is 4.23. The van der Waals surface area contributed by atoms with Crippen molar-refractivity contribution in [2.24, 2.45) is 0 Å². The second-order valence-electron chi connectivity index (χ2n) is 5.56. The Labute approximate surface area is 141 Å². The Hall–Kier alpha value is -2.53. The SMILES string of the molecule is COc1ccc(S(=O)(=O)Oc2ccc3ccccc3c2)c(C)c1C. The quantitative estimate of drug-likeness (QED) is 0.666. The molecule has 0 aliphatic heterocycles. The number of benzene rings is 3. The monoisotopic (exact) mass is 342 g/mol. The number of hydrogen-bond acceptors (Lipinski definition) is 4. The zero-order valence-corrected chi connectivity index (χ0v) is 14.6. The highest BCUT2D eigenvalue weighted by Gasteiger charge is 2.21. The summed E-state index contributed by atoms with van der Waals surface area (Å²) in [5.74, 6) is 0.943. The summed E-state index contributed by atoms with van der Waals surface area (Å²) in [6, 6.07) is 16.1. The smallest absolute Gasteiger partial charge is 0.339 e. The van der Waals surface area contributed by atoms with Crippen LogP contribution in [0.5, 0.6) is 11.5 Å². The van der Waals surface area contributed by atoms with E-state index >= 15 is 0 Å². The number of hydrogen-bond donors (Lipinski definition) is 0. The first-order valence-corrected chi connectivity index (χ1v) is 8.90. The summed E-state index contributed by atoms with van der Waals surface area (Å²) >= 11 is 0. The Morgan fingerprint density at radius 2 is 1.54 bits per heavy atom. The number of ether oxygens (including phenoxy) is 1. The van der Waals surface area contributed by atoms with Crippen LogP contribution in [0.1, 0.15) is 11.1 Å². The first kappa shape index (κ1) is 16.3. The molecule has 0 aliphatic carbocycles. The lowest BCUT2D eigenvalue weighted by Crippen LogP contribution is -2.12. The molecule has 0 atom stereocenters. The van der Waals surface area contributed by atoms with Crippen LogP contribution in [0.4, 0.5) is 0 Å². The largest absolute Gasteiger partial charge is 0.496 e.